The summed E-state index contributed by atoms with van der Waals surface area (Å²) in [5.41, 5.74) is 2.42. The first kappa shape index (κ1) is 14.4. The molecule has 1 unspecified atom stereocenters. The highest BCUT2D eigenvalue weighted by Gasteiger charge is 2.36. The first-order chi connectivity index (χ1) is 8.34. The molecule has 0 aliphatic carbocycles. The Labute approximate surface area is 101 Å². The van der Waals surface area contributed by atoms with Crippen molar-refractivity contribution in [1.82, 2.24) is 10.4 Å². The molecule has 0 spiro atoms. The number of pyridine rings is 1. The fraction of sp³-hybridized carbons (Fsp3) is 0.400. The Balaban J connectivity index is 2.57. The number of rotatable bonds is 4. The summed E-state index contributed by atoms with van der Waals surface area (Å²) in [4.78, 5) is 14.9. The molecule has 8 heteroatoms. The van der Waals surface area contributed by atoms with Gasteiger partial charge in [0.2, 0.25) is 0 Å². The van der Waals surface area contributed by atoms with Crippen molar-refractivity contribution >= 4 is 5.91 Å². The molecule has 1 amide bonds. The van der Waals surface area contributed by atoms with Crippen molar-refractivity contribution in [3.05, 3.63) is 29.6 Å². The Bertz CT molecular complexity index is 406. The molecule has 1 aromatic rings. The van der Waals surface area contributed by atoms with E-state index in [9.17, 15) is 18.0 Å². The van der Waals surface area contributed by atoms with Gasteiger partial charge in [-0.2, -0.15) is 13.2 Å². The topological polar surface area (TPSA) is 77.2 Å². The number of halogens is 3. The Morgan fingerprint density at radius 1 is 1.56 bits per heavy atom. The first-order valence-electron chi connectivity index (χ1n) is 4.98. The predicted octanol–water partition coefficient (Wildman–Crippen LogP) is 1.15. The van der Waals surface area contributed by atoms with Gasteiger partial charge in [-0.1, -0.05) is 0 Å². The summed E-state index contributed by atoms with van der Waals surface area (Å²) in [5, 5.41) is 0. The molecule has 0 radical (unpaired) electrons. The standard InChI is InChI=1S/C10H12F3N3O2/c1-6(10(11,12)13)18-5-8-3-2-7(4-15-8)9(17)16-14/h2-4,6H,5,14H2,1H3,(H,16,17). The molecule has 0 aromatic carbocycles. The van der Waals surface area contributed by atoms with E-state index in [0.717, 1.165) is 6.92 Å². The molecule has 1 rings (SSSR count). The number of hydrazine groups is 1. The van der Waals surface area contributed by atoms with Crippen molar-refractivity contribution in [2.75, 3.05) is 0 Å². The molecule has 0 aliphatic heterocycles. The maximum atomic E-state index is 12.2. The van der Waals surface area contributed by atoms with E-state index >= 15 is 0 Å². The van der Waals surface area contributed by atoms with E-state index in [-0.39, 0.29) is 12.2 Å². The lowest BCUT2D eigenvalue weighted by molar-refractivity contribution is -0.217. The number of alkyl halides is 3. The molecule has 3 N–H and O–H groups in total. The van der Waals surface area contributed by atoms with E-state index in [0.29, 0.717) is 5.69 Å². The zero-order valence-corrected chi connectivity index (χ0v) is 9.49. The molecule has 0 saturated carbocycles. The lowest BCUT2D eigenvalue weighted by atomic mass is 10.2. The van der Waals surface area contributed by atoms with Crippen LogP contribution in [0.2, 0.25) is 0 Å². The minimum atomic E-state index is -4.40. The van der Waals surface area contributed by atoms with Crippen molar-refractivity contribution < 1.29 is 22.7 Å². The summed E-state index contributed by atoms with van der Waals surface area (Å²) in [6.07, 6.45) is -5.07. The number of nitrogens with one attached hydrogen (secondary N) is 1. The summed E-state index contributed by atoms with van der Waals surface area (Å²) < 4.78 is 41.1. The maximum absolute atomic E-state index is 12.2. The van der Waals surface area contributed by atoms with Crippen LogP contribution in [0.4, 0.5) is 13.2 Å². The quantitative estimate of drug-likeness (QED) is 0.485. The van der Waals surface area contributed by atoms with E-state index in [4.69, 9.17) is 5.84 Å². The fourth-order valence-electron chi connectivity index (χ4n) is 1.03. The van der Waals surface area contributed by atoms with E-state index in [1.165, 1.54) is 18.3 Å². The molecule has 1 aromatic heterocycles. The number of amides is 1. The summed E-state index contributed by atoms with van der Waals surface area (Å²) in [5.74, 6) is 4.38. The van der Waals surface area contributed by atoms with Crippen molar-refractivity contribution in [2.45, 2.75) is 25.8 Å². The zero-order valence-electron chi connectivity index (χ0n) is 9.49. The second-order valence-corrected chi connectivity index (χ2v) is 3.51. The van der Waals surface area contributed by atoms with Crippen LogP contribution in [0.5, 0.6) is 0 Å². The molecule has 100 valence electrons. The average Bonchev–Trinajstić information content (AvgIpc) is 2.34. The van der Waals surface area contributed by atoms with Crippen LogP contribution in [-0.4, -0.2) is 23.2 Å². The Morgan fingerprint density at radius 3 is 2.67 bits per heavy atom. The Kier molecular flexibility index (Phi) is 4.62. The number of aromatic nitrogens is 1. The molecule has 0 saturated heterocycles. The molecule has 1 heterocycles. The van der Waals surface area contributed by atoms with Gasteiger partial charge in [0.05, 0.1) is 17.9 Å². The van der Waals surface area contributed by atoms with Gasteiger partial charge in [-0.15, -0.1) is 0 Å². The van der Waals surface area contributed by atoms with Crippen LogP contribution in [0, 0.1) is 0 Å². The minimum absolute atomic E-state index is 0.213. The average molecular weight is 263 g/mol. The first-order valence-corrected chi connectivity index (χ1v) is 4.98. The van der Waals surface area contributed by atoms with Crippen LogP contribution in [0.25, 0.3) is 0 Å². The van der Waals surface area contributed by atoms with Crippen molar-refractivity contribution in [2.24, 2.45) is 5.84 Å². The molecule has 18 heavy (non-hydrogen) atoms. The highest BCUT2D eigenvalue weighted by Crippen LogP contribution is 2.22. The summed E-state index contributed by atoms with van der Waals surface area (Å²) in [7, 11) is 0. The van der Waals surface area contributed by atoms with Gasteiger partial charge in [0, 0.05) is 6.20 Å². The van der Waals surface area contributed by atoms with Crippen LogP contribution in [0.15, 0.2) is 18.3 Å². The van der Waals surface area contributed by atoms with Gasteiger partial charge in [-0.05, 0) is 19.1 Å². The van der Waals surface area contributed by atoms with Crippen LogP contribution < -0.4 is 11.3 Å². The van der Waals surface area contributed by atoms with Gasteiger partial charge in [0.1, 0.15) is 0 Å². The number of nitrogens with zero attached hydrogens (tertiary/aromatic N) is 1. The van der Waals surface area contributed by atoms with Crippen LogP contribution in [-0.2, 0) is 11.3 Å². The van der Waals surface area contributed by atoms with Crippen molar-refractivity contribution in [3.8, 4) is 0 Å². The Hall–Kier alpha value is -1.67. The zero-order chi connectivity index (χ0) is 13.8. The van der Waals surface area contributed by atoms with Crippen molar-refractivity contribution in [1.29, 1.82) is 0 Å². The number of hydrogen-bond acceptors (Lipinski definition) is 4. The second kappa shape index (κ2) is 5.78. The normalized spacial score (nSPS) is 13.2. The molecule has 0 fully saturated rings. The highest BCUT2D eigenvalue weighted by atomic mass is 19.4. The lowest BCUT2D eigenvalue weighted by Crippen LogP contribution is -2.30. The number of carbonyl (C=O) groups excluding carboxylic acids is 1. The lowest BCUT2D eigenvalue weighted by Gasteiger charge is -2.15. The maximum Gasteiger partial charge on any atom is 0.414 e. The molecule has 0 aliphatic rings. The predicted molar refractivity (Wildman–Crippen MR) is 56.2 cm³/mol. The third-order valence-corrected chi connectivity index (χ3v) is 2.16. The second-order valence-electron chi connectivity index (χ2n) is 3.51. The van der Waals surface area contributed by atoms with Crippen LogP contribution in [0.1, 0.15) is 23.0 Å². The van der Waals surface area contributed by atoms with E-state index in [1.54, 1.807) is 0 Å². The largest absolute Gasteiger partial charge is 0.414 e. The van der Waals surface area contributed by atoms with Crippen molar-refractivity contribution in [3.63, 3.8) is 0 Å². The van der Waals surface area contributed by atoms with E-state index in [1.807, 2.05) is 5.43 Å². The van der Waals surface area contributed by atoms with Gasteiger partial charge in [-0.3, -0.25) is 15.2 Å². The number of nitrogen functional groups attached to an aromatic ring is 1. The fourth-order valence-corrected chi connectivity index (χ4v) is 1.03. The molecule has 0 bridgehead atoms. The van der Waals surface area contributed by atoms with Crippen LogP contribution in [0.3, 0.4) is 0 Å². The third-order valence-electron chi connectivity index (χ3n) is 2.16. The van der Waals surface area contributed by atoms with Gasteiger partial charge in [0.15, 0.2) is 6.10 Å². The molecule has 5 nitrogen and oxygen atoms in total. The molecular weight excluding hydrogens is 251 g/mol. The number of hydrogen-bond donors (Lipinski definition) is 2. The number of ether oxygens (including phenoxy) is 1. The van der Waals surface area contributed by atoms with Gasteiger partial charge in [0.25, 0.3) is 5.91 Å². The molecular formula is C10H12F3N3O2. The summed E-state index contributed by atoms with van der Waals surface area (Å²) >= 11 is 0. The Morgan fingerprint density at radius 2 is 2.22 bits per heavy atom. The summed E-state index contributed by atoms with van der Waals surface area (Å²) in [6.45, 7) is 0.626. The number of nitrogens with two attached hydrogens (primary N) is 1. The highest BCUT2D eigenvalue weighted by molar-refractivity contribution is 5.93. The summed E-state index contributed by atoms with van der Waals surface area (Å²) in [6, 6.07) is 2.79. The van der Waals surface area contributed by atoms with E-state index in [2.05, 4.69) is 9.72 Å². The minimum Gasteiger partial charge on any atom is -0.363 e. The van der Waals surface area contributed by atoms with Gasteiger partial charge >= 0.3 is 6.18 Å². The monoisotopic (exact) mass is 263 g/mol. The molecule has 1 atom stereocenters. The SMILES string of the molecule is CC(OCc1ccc(C(=O)NN)cn1)C(F)(F)F. The van der Waals surface area contributed by atoms with Gasteiger partial charge < -0.3 is 4.74 Å². The van der Waals surface area contributed by atoms with Gasteiger partial charge in [-0.25, -0.2) is 5.84 Å². The smallest absolute Gasteiger partial charge is 0.363 e. The third kappa shape index (κ3) is 3.97. The number of carbonyl (C=O) groups is 1. The van der Waals surface area contributed by atoms with Crippen LogP contribution >= 0.6 is 0 Å². The van der Waals surface area contributed by atoms with E-state index < -0.39 is 18.2 Å².